The molecule has 4 nitrogen and oxygen atoms in total. The number of thiol groups is 1. The van der Waals surface area contributed by atoms with E-state index >= 15 is 0 Å². The van der Waals surface area contributed by atoms with Crippen molar-refractivity contribution < 1.29 is 9.63 Å². The molecule has 21 heavy (non-hydrogen) atoms. The zero-order valence-electron chi connectivity index (χ0n) is 11.6. The molecule has 0 saturated carbocycles. The molecule has 0 atom stereocenters. The summed E-state index contributed by atoms with van der Waals surface area (Å²) in [7, 11) is 0. The van der Waals surface area contributed by atoms with Crippen LogP contribution in [0.1, 0.15) is 11.1 Å². The van der Waals surface area contributed by atoms with Gasteiger partial charge in [-0.3, -0.25) is 4.79 Å². The molecule has 1 aliphatic rings. The van der Waals surface area contributed by atoms with Gasteiger partial charge in [0.05, 0.1) is 13.0 Å². The summed E-state index contributed by atoms with van der Waals surface area (Å²) in [6, 6.07) is 15.6. The summed E-state index contributed by atoms with van der Waals surface area (Å²) in [5, 5.41) is 2.80. The van der Waals surface area contributed by atoms with Crippen LogP contribution in [-0.4, -0.2) is 12.5 Å². The van der Waals surface area contributed by atoms with E-state index in [1.807, 2.05) is 48.5 Å². The average molecular weight is 302 g/mol. The molecular formula is C16H18N2O2S. The van der Waals surface area contributed by atoms with Crippen LogP contribution in [0.2, 0.25) is 0 Å². The van der Waals surface area contributed by atoms with Crippen LogP contribution in [0.3, 0.4) is 0 Å². The van der Waals surface area contributed by atoms with Crippen molar-refractivity contribution in [3.63, 3.8) is 0 Å². The van der Waals surface area contributed by atoms with Crippen LogP contribution in [-0.2, 0) is 22.5 Å². The summed E-state index contributed by atoms with van der Waals surface area (Å²) in [6.07, 6.45) is 1.21. The highest BCUT2D eigenvalue weighted by atomic mass is 32.1. The van der Waals surface area contributed by atoms with Crippen molar-refractivity contribution in [3.05, 3.63) is 59.7 Å². The normalized spacial score (nSPS) is 12.2. The SMILES string of the molecule is NOCCc1cccc2c1CC(=O)N2.Sc1ccccc1. The Kier molecular flexibility index (Phi) is 5.80. The summed E-state index contributed by atoms with van der Waals surface area (Å²) >= 11 is 4.08. The van der Waals surface area contributed by atoms with Gasteiger partial charge in [-0.05, 0) is 35.7 Å². The highest BCUT2D eigenvalue weighted by Gasteiger charge is 2.19. The van der Waals surface area contributed by atoms with Crippen LogP contribution in [0.5, 0.6) is 0 Å². The Morgan fingerprint density at radius 3 is 2.52 bits per heavy atom. The van der Waals surface area contributed by atoms with Gasteiger partial charge in [-0.25, -0.2) is 5.90 Å². The van der Waals surface area contributed by atoms with Gasteiger partial charge >= 0.3 is 0 Å². The van der Waals surface area contributed by atoms with E-state index in [-0.39, 0.29) is 5.91 Å². The Labute approximate surface area is 129 Å². The number of fused-ring (bicyclic) bond motifs is 1. The molecular weight excluding hydrogens is 284 g/mol. The fourth-order valence-corrected chi connectivity index (χ4v) is 2.32. The Bertz CT molecular complexity index is 602. The number of carbonyl (C=O) groups excluding carboxylic acids is 1. The largest absolute Gasteiger partial charge is 0.326 e. The highest BCUT2D eigenvalue weighted by molar-refractivity contribution is 7.80. The first-order valence-corrected chi connectivity index (χ1v) is 7.11. The standard InChI is InChI=1S/C10H12N2O2.C6H6S/c11-14-5-4-7-2-1-3-9-8(7)6-10(13)12-9;7-6-4-2-1-3-5-6/h1-3H,4-6,11H2,(H,12,13);1-5,7H. The number of benzene rings is 2. The number of hydrogen-bond acceptors (Lipinski definition) is 4. The molecule has 1 amide bonds. The van der Waals surface area contributed by atoms with Gasteiger partial charge in [0, 0.05) is 10.6 Å². The number of carbonyl (C=O) groups is 1. The second-order valence-corrected chi connectivity index (χ2v) is 5.14. The number of hydrogen-bond donors (Lipinski definition) is 3. The topological polar surface area (TPSA) is 64.3 Å². The molecule has 0 spiro atoms. The van der Waals surface area contributed by atoms with E-state index in [1.165, 1.54) is 0 Å². The monoisotopic (exact) mass is 302 g/mol. The second kappa shape index (κ2) is 7.83. The van der Waals surface area contributed by atoms with Crippen molar-refractivity contribution in [2.75, 3.05) is 11.9 Å². The third kappa shape index (κ3) is 4.60. The van der Waals surface area contributed by atoms with Gasteiger partial charge in [0.2, 0.25) is 5.91 Å². The first kappa shape index (κ1) is 15.6. The van der Waals surface area contributed by atoms with Gasteiger partial charge in [-0.1, -0.05) is 30.3 Å². The molecule has 0 aliphatic carbocycles. The lowest BCUT2D eigenvalue weighted by molar-refractivity contribution is -0.115. The molecule has 3 N–H and O–H groups in total. The first-order valence-electron chi connectivity index (χ1n) is 6.67. The fraction of sp³-hybridized carbons (Fsp3) is 0.188. The van der Waals surface area contributed by atoms with Crippen molar-refractivity contribution in [3.8, 4) is 0 Å². The molecule has 3 rings (SSSR count). The molecule has 0 radical (unpaired) electrons. The van der Waals surface area contributed by atoms with Gasteiger partial charge in [0.15, 0.2) is 0 Å². The zero-order chi connectivity index (χ0) is 15.1. The van der Waals surface area contributed by atoms with Crippen LogP contribution in [0, 0.1) is 0 Å². The minimum atomic E-state index is 0.0566. The van der Waals surface area contributed by atoms with Crippen molar-refractivity contribution in [1.82, 2.24) is 0 Å². The van der Waals surface area contributed by atoms with Crippen LogP contribution in [0.25, 0.3) is 0 Å². The number of rotatable bonds is 3. The molecule has 0 unspecified atom stereocenters. The van der Waals surface area contributed by atoms with E-state index < -0.39 is 0 Å². The van der Waals surface area contributed by atoms with Crippen molar-refractivity contribution in [2.24, 2.45) is 5.90 Å². The number of amides is 1. The van der Waals surface area contributed by atoms with E-state index in [0.29, 0.717) is 13.0 Å². The van der Waals surface area contributed by atoms with Crippen LogP contribution in [0.15, 0.2) is 53.4 Å². The number of nitrogens with one attached hydrogen (secondary N) is 1. The Morgan fingerprint density at radius 1 is 1.14 bits per heavy atom. The molecule has 5 heteroatoms. The van der Waals surface area contributed by atoms with E-state index in [2.05, 4.69) is 22.8 Å². The average Bonchev–Trinajstić information content (AvgIpc) is 2.87. The second-order valence-electron chi connectivity index (χ2n) is 4.62. The lowest BCUT2D eigenvalue weighted by atomic mass is 10.0. The summed E-state index contributed by atoms with van der Waals surface area (Å²) in [4.78, 5) is 16.7. The Morgan fingerprint density at radius 2 is 1.90 bits per heavy atom. The molecule has 0 fully saturated rings. The van der Waals surface area contributed by atoms with Crippen LogP contribution >= 0.6 is 12.6 Å². The van der Waals surface area contributed by atoms with E-state index in [1.54, 1.807) is 0 Å². The van der Waals surface area contributed by atoms with Crippen LogP contribution < -0.4 is 11.2 Å². The zero-order valence-corrected chi connectivity index (χ0v) is 12.5. The molecule has 0 bridgehead atoms. The molecule has 0 aromatic heterocycles. The minimum absolute atomic E-state index is 0.0566. The molecule has 2 aromatic rings. The lowest BCUT2D eigenvalue weighted by Crippen LogP contribution is -2.05. The summed E-state index contributed by atoms with van der Waals surface area (Å²) in [5.74, 6) is 5.02. The molecule has 1 aliphatic heterocycles. The third-order valence-electron chi connectivity index (χ3n) is 3.13. The van der Waals surface area contributed by atoms with Gasteiger partial charge in [0.25, 0.3) is 0 Å². The van der Waals surface area contributed by atoms with Crippen molar-refractivity contribution >= 4 is 24.2 Å². The maximum atomic E-state index is 11.2. The lowest BCUT2D eigenvalue weighted by Gasteiger charge is -2.05. The van der Waals surface area contributed by atoms with Gasteiger partial charge in [-0.2, -0.15) is 0 Å². The number of anilines is 1. The molecule has 110 valence electrons. The molecule has 0 saturated heterocycles. The summed E-state index contributed by atoms with van der Waals surface area (Å²) < 4.78 is 0. The van der Waals surface area contributed by atoms with Crippen LogP contribution in [0.4, 0.5) is 5.69 Å². The maximum Gasteiger partial charge on any atom is 0.228 e. The molecule has 1 heterocycles. The van der Waals surface area contributed by atoms with Gasteiger partial charge in [-0.15, -0.1) is 12.6 Å². The highest BCUT2D eigenvalue weighted by Crippen LogP contribution is 2.26. The van der Waals surface area contributed by atoms with E-state index in [4.69, 9.17) is 5.90 Å². The maximum absolute atomic E-state index is 11.2. The fourth-order valence-electron chi connectivity index (χ4n) is 2.15. The Balaban J connectivity index is 0.000000194. The quantitative estimate of drug-likeness (QED) is 0.603. The minimum Gasteiger partial charge on any atom is -0.326 e. The van der Waals surface area contributed by atoms with E-state index in [9.17, 15) is 4.79 Å². The summed E-state index contributed by atoms with van der Waals surface area (Å²) in [6.45, 7) is 0.477. The number of nitrogens with two attached hydrogens (primary N) is 1. The third-order valence-corrected chi connectivity index (χ3v) is 3.43. The molecule has 2 aromatic carbocycles. The van der Waals surface area contributed by atoms with Crippen molar-refractivity contribution in [1.29, 1.82) is 0 Å². The van der Waals surface area contributed by atoms with Gasteiger partial charge < -0.3 is 10.2 Å². The van der Waals surface area contributed by atoms with Gasteiger partial charge in [0.1, 0.15) is 0 Å². The predicted molar refractivity (Wildman–Crippen MR) is 86.3 cm³/mol. The van der Waals surface area contributed by atoms with E-state index in [0.717, 1.165) is 28.1 Å². The smallest absolute Gasteiger partial charge is 0.228 e. The first-order chi connectivity index (χ1) is 10.2. The predicted octanol–water partition coefficient (Wildman–Crippen LogP) is 2.59. The Hall–Kier alpha value is -1.82. The van der Waals surface area contributed by atoms with Crippen molar-refractivity contribution in [2.45, 2.75) is 17.7 Å². The summed E-state index contributed by atoms with van der Waals surface area (Å²) in [5.41, 5.74) is 3.13.